The maximum atomic E-state index is 11.8. The lowest BCUT2D eigenvalue weighted by molar-refractivity contribution is -0.132. The highest BCUT2D eigenvalue weighted by atomic mass is 79.9. The average Bonchev–Trinajstić information content (AvgIpc) is 2.39. The van der Waals surface area contributed by atoms with Crippen molar-refractivity contribution >= 4 is 39.4 Å². The first-order valence-corrected chi connectivity index (χ1v) is 5.18. The van der Waals surface area contributed by atoms with Crippen molar-refractivity contribution in [3.8, 4) is 0 Å². The summed E-state index contributed by atoms with van der Waals surface area (Å²) in [5, 5.41) is 1.98. The summed E-state index contributed by atoms with van der Waals surface area (Å²) in [6.07, 6.45) is -0.690. The molecule has 7 nitrogen and oxygen atoms in total. The van der Waals surface area contributed by atoms with Crippen LogP contribution < -0.4 is 16.8 Å². The van der Waals surface area contributed by atoms with Crippen LogP contribution in [0.15, 0.2) is 0 Å². The van der Waals surface area contributed by atoms with Crippen LogP contribution in [0.3, 0.4) is 0 Å². The van der Waals surface area contributed by atoms with E-state index in [1.165, 1.54) is 0 Å². The molecule has 1 unspecified atom stereocenters. The number of alkyl halides is 1. The quantitative estimate of drug-likeness (QED) is 0.311. The van der Waals surface area contributed by atoms with E-state index in [2.05, 4.69) is 15.9 Å². The van der Waals surface area contributed by atoms with Crippen LogP contribution in [-0.4, -0.2) is 33.9 Å². The van der Waals surface area contributed by atoms with Crippen molar-refractivity contribution in [2.45, 2.75) is 23.2 Å². The predicted octanol–water partition coefficient (Wildman–Crippen LogP) is -2.06. The molecule has 1 aliphatic rings. The number of hydrogen-bond donors (Lipinski definition) is 3. The van der Waals surface area contributed by atoms with Gasteiger partial charge in [-0.15, -0.1) is 0 Å². The number of Topliss-reactive ketones (excluding diaryl/α,β-unsaturated/α-hetero) is 1. The second kappa shape index (κ2) is 4.30. The molecule has 2 atom stereocenters. The van der Waals surface area contributed by atoms with Gasteiger partial charge in [0.15, 0.2) is 10.1 Å². The third kappa shape index (κ3) is 2.27. The van der Waals surface area contributed by atoms with Gasteiger partial charge in [0.25, 0.3) is 5.91 Å². The molecule has 0 spiro atoms. The topological polar surface area (TPSA) is 132 Å². The van der Waals surface area contributed by atoms with Crippen molar-refractivity contribution in [1.82, 2.24) is 5.32 Å². The number of halogens is 1. The summed E-state index contributed by atoms with van der Waals surface area (Å²) in [6, 6.07) is -1.20. The number of nitrogens with two attached hydrogens (primary N) is 2. The lowest BCUT2D eigenvalue weighted by Crippen LogP contribution is -2.50. The molecule has 1 heterocycles. The molecule has 1 saturated heterocycles. The SMILES string of the molecule is NC(=O)C[C@H](N)C(=O)C1(Br)CC(=O)NC1=O. The van der Waals surface area contributed by atoms with Crippen LogP contribution in [0.25, 0.3) is 0 Å². The fraction of sp³-hybridized carbons (Fsp3) is 0.500. The Morgan fingerprint density at radius 3 is 2.44 bits per heavy atom. The van der Waals surface area contributed by atoms with E-state index < -0.39 is 33.9 Å². The first-order valence-electron chi connectivity index (χ1n) is 4.39. The zero-order chi connectivity index (χ0) is 12.5. The van der Waals surface area contributed by atoms with E-state index in [1.807, 2.05) is 5.32 Å². The first kappa shape index (κ1) is 12.8. The fourth-order valence-electron chi connectivity index (χ4n) is 1.37. The Bertz CT molecular complexity index is 383. The first-order chi connectivity index (χ1) is 7.27. The normalized spacial score (nSPS) is 26.4. The van der Waals surface area contributed by atoms with Gasteiger partial charge in [0, 0.05) is 6.42 Å². The molecule has 88 valence electrons. The van der Waals surface area contributed by atoms with E-state index in [0.29, 0.717) is 0 Å². The lowest BCUT2D eigenvalue weighted by Gasteiger charge is -2.19. The summed E-state index contributed by atoms with van der Waals surface area (Å²) in [5.74, 6) is -2.81. The number of amides is 3. The Morgan fingerprint density at radius 2 is 2.06 bits per heavy atom. The number of ketones is 1. The molecule has 0 bridgehead atoms. The van der Waals surface area contributed by atoms with Gasteiger partial charge in [-0.05, 0) is 0 Å². The van der Waals surface area contributed by atoms with Crippen LogP contribution in [-0.2, 0) is 19.2 Å². The van der Waals surface area contributed by atoms with E-state index in [-0.39, 0.29) is 12.8 Å². The van der Waals surface area contributed by atoms with Gasteiger partial charge in [0.2, 0.25) is 11.8 Å². The van der Waals surface area contributed by atoms with Gasteiger partial charge in [-0.1, -0.05) is 15.9 Å². The summed E-state index contributed by atoms with van der Waals surface area (Å²) in [4.78, 5) is 44.7. The van der Waals surface area contributed by atoms with Gasteiger partial charge < -0.3 is 11.5 Å². The van der Waals surface area contributed by atoms with E-state index in [9.17, 15) is 19.2 Å². The van der Waals surface area contributed by atoms with E-state index in [0.717, 1.165) is 0 Å². The minimum absolute atomic E-state index is 0.322. The monoisotopic (exact) mass is 291 g/mol. The molecule has 0 radical (unpaired) electrons. The second-order valence-electron chi connectivity index (χ2n) is 3.50. The number of hydrogen-bond acceptors (Lipinski definition) is 5. The number of carbonyl (C=O) groups excluding carboxylic acids is 4. The number of primary amides is 1. The second-order valence-corrected chi connectivity index (χ2v) is 4.85. The van der Waals surface area contributed by atoms with Gasteiger partial charge in [0.1, 0.15) is 0 Å². The summed E-state index contributed by atoms with van der Waals surface area (Å²) in [7, 11) is 0. The Hall–Kier alpha value is -1.28. The Balaban J connectivity index is 2.84. The molecule has 0 aromatic carbocycles. The molecule has 8 heteroatoms. The van der Waals surface area contributed by atoms with Gasteiger partial charge in [-0.2, -0.15) is 0 Å². The van der Waals surface area contributed by atoms with Crippen LogP contribution in [0.2, 0.25) is 0 Å². The standard InChI is InChI=1S/C8H10BrN3O4/c9-8(2-5(14)12-7(8)16)6(15)3(10)1-4(11)13/h3H,1-2,10H2,(H2,11,13)(H,12,14,16)/t3-,8?/m0/s1. The smallest absolute Gasteiger partial charge is 0.251 e. The van der Waals surface area contributed by atoms with E-state index >= 15 is 0 Å². The average molecular weight is 292 g/mol. The molecule has 1 fully saturated rings. The van der Waals surface area contributed by atoms with Crippen LogP contribution in [0.5, 0.6) is 0 Å². The largest absolute Gasteiger partial charge is 0.370 e. The summed E-state index contributed by atoms with van der Waals surface area (Å²) in [5.41, 5.74) is 10.3. The Labute approximate surface area is 99.0 Å². The van der Waals surface area contributed by atoms with Gasteiger partial charge in [0.05, 0.1) is 12.5 Å². The number of carbonyl (C=O) groups is 4. The Morgan fingerprint density at radius 1 is 1.50 bits per heavy atom. The van der Waals surface area contributed by atoms with Crippen LogP contribution in [0.4, 0.5) is 0 Å². The van der Waals surface area contributed by atoms with Crippen LogP contribution in [0.1, 0.15) is 12.8 Å². The van der Waals surface area contributed by atoms with E-state index in [1.54, 1.807) is 0 Å². The molecule has 16 heavy (non-hydrogen) atoms. The number of imide groups is 1. The highest BCUT2D eigenvalue weighted by molar-refractivity contribution is 9.10. The molecule has 3 amide bonds. The predicted molar refractivity (Wildman–Crippen MR) is 56.2 cm³/mol. The summed E-state index contributed by atoms with van der Waals surface area (Å²) in [6.45, 7) is 0. The van der Waals surface area contributed by atoms with Crippen LogP contribution >= 0.6 is 15.9 Å². The minimum Gasteiger partial charge on any atom is -0.370 e. The zero-order valence-corrected chi connectivity index (χ0v) is 9.74. The van der Waals surface area contributed by atoms with Gasteiger partial charge >= 0.3 is 0 Å². The molecule has 0 aliphatic carbocycles. The molecular weight excluding hydrogens is 282 g/mol. The minimum atomic E-state index is -1.67. The zero-order valence-electron chi connectivity index (χ0n) is 8.16. The third-order valence-corrected chi connectivity index (χ3v) is 3.20. The van der Waals surface area contributed by atoms with Crippen LogP contribution in [0, 0.1) is 0 Å². The maximum Gasteiger partial charge on any atom is 0.251 e. The highest BCUT2D eigenvalue weighted by Gasteiger charge is 2.52. The molecule has 0 aromatic rings. The van der Waals surface area contributed by atoms with Crippen molar-refractivity contribution in [3.63, 3.8) is 0 Å². The van der Waals surface area contributed by atoms with Crippen molar-refractivity contribution in [2.24, 2.45) is 11.5 Å². The fourth-order valence-corrected chi connectivity index (χ4v) is 2.02. The van der Waals surface area contributed by atoms with Gasteiger partial charge in [-0.25, -0.2) is 0 Å². The van der Waals surface area contributed by atoms with Crippen molar-refractivity contribution in [2.75, 3.05) is 0 Å². The summed E-state index contributed by atoms with van der Waals surface area (Å²) < 4.78 is -1.67. The molecule has 5 N–H and O–H groups in total. The maximum absolute atomic E-state index is 11.8. The molecule has 1 aliphatic heterocycles. The highest BCUT2D eigenvalue weighted by Crippen LogP contribution is 2.30. The van der Waals surface area contributed by atoms with Crippen molar-refractivity contribution in [1.29, 1.82) is 0 Å². The summed E-state index contributed by atoms with van der Waals surface area (Å²) >= 11 is 2.89. The number of rotatable bonds is 4. The van der Waals surface area contributed by atoms with E-state index in [4.69, 9.17) is 11.5 Å². The lowest BCUT2D eigenvalue weighted by atomic mass is 9.95. The molecule has 0 saturated carbocycles. The van der Waals surface area contributed by atoms with Crippen molar-refractivity contribution < 1.29 is 19.2 Å². The van der Waals surface area contributed by atoms with Crippen molar-refractivity contribution in [3.05, 3.63) is 0 Å². The molecule has 0 aromatic heterocycles. The Kier molecular flexibility index (Phi) is 3.44. The van der Waals surface area contributed by atoms with Gasteiger partial charge in [-0.3, -0.25) is 24.5 Å². The number of nitrogens with one attached hydrogen (secondary N) is 1. The third-order valence-electron chi connectivity index (χ3n) is 2.17. The molecule has 1 rings (SSSR count). The molecular formula is C8H10BrN3O4.